The molecular formula is C33H38F6N2O4. The molecule has 0 radical (unpaired) electrons. The molecule has 0 bridgehead atoms. The lowest BCUT2D eigenvalue weighted by molar-refractivity contribution is -0.143. The molecule has 4 rings (SSSR count). The molecule has 1 aliphatic heterocycles. The van der Waals surface area contributed by atoms with Crippen molar-refractivity contribution >= 4 is 17.6 Å². The largest absolute Gasteiger partial charge is 0.496 e. The highest BCUT2D eigenvalue weighted by atomic mass is 19.4. The normalized spacial score (nSPS) is 20.7. The second-order valence-corrected chi connectivity index (χ2v) is 13.1. The van der Waals surface area contributed by atoms with Crippen LogP contribution in [0.15, 0.2) is 42.0 Å². The van der Waals surface area contributed by atoms with E-state index < -0.39 is 47.1 Å². The van der Waals surface area contributed by atoms with Gasteiger partial charge in [0, 0.05) is 19.2 Å². The molecule has 2 aromatic carbocycles. The van der Waals surface area contributed by atoms with Crippen LogP contribution in [0.4, 0.5) is 31.1 Å². The van der Waals surface area contributed by atoms with Gasteiger partial charge in [-0.1, -0.05) is 19.9 Å². The standard InChI is InChI=1S/C33H38F6N2O4/c1-18-27(19-12-22(32(34,35)36)14-23(13-19)33(37,38)39)45-29(43)41(18)17-20-16-30(2,3)11-10-24(20)25-15-21(8-9-26(25)44-7)31(4,5)28(42)40-6/h8-9,12-15,18,27H,10-11,16-17H2,1-7H3,(H,40,42)/t18-,27-/m0/s1. The van der Waals surface area contributed by atoms with Gasteiger partial charge in [0.25, 0.3) is 0 Å². The minimum atomic E-state index is -5.03. The van der Waals surface area contributed by atoms with Crippen LogP contribution in [-0.2, 0) is 27.3 Å². The third-order valence-electron chi connectivity index (χ3n) is 8.90. The number of allylic oxidation sites excluding steroid dienone is 1. The summed E-state index contributed by atoms with van der Waals surface area (Å²) >= 11 is 0. The van der Waals surface area contributed by atoms with E-state index in [9.17, 15) is 35.9 Å². The summed E-state index contributed by atoms with van der Waals surface area (Å²) in [5.74, 6) is 0.387. The predicted octanol–water partition coefficient (Wildman–Crippen LogP) is 8.30. The number of cyclic esters (lactones) is 1. The second-order valence-electron chi connectivity index (χ2n) is 13.1. The Labute approximate surface area is 258 Å². The fourth-order valence-corrected chi connectivity index (χ4v) is 6.17. The van der Waals surface area contributed by atoms with E-state index in [-0.39, 0.29) is 29.5 Å². The number of amides is 2. The van der Waals surface area contributed by atoms with Crippen molar-refractivity contribution < 1.29 is 45.4 Å². The number of likely N-dealkylation sites (N-methyl/N-ethyl adjacent to an activating group) is 1. The molecule has 2 aromatic rings. The molecule has 12 heteroatoms. The third-order valence-corrected chi connectivity index (χ3v) is 8.90. The SMILES string of the molecule is CNC(=O)C(C)(C)c1ccc(OC)c(C2=C(CN3C(=O)O[C@H](c4cc(C(F)(F)F)cc(C(F)(F)F)c4)[C@@H]3C)CC(C)(C)CC2)c1. The van der Waals surface area contributed by atoms with Crippen LogP contribution >= 0.6 is 0 Å². The number of hydrogen-bond acceptors (Lipinski definition) is 4. The Kier molecular flexibility index (Phi) is 9.04. The summed E-state index contributed by atoms with van der Waals surface area (Å²) in [4.78, 5) is 27.2. The van der Waals surface area contributed by atoms with E-state index in [4.69, 9.17) is 9.47 Å². The average molecular weight is 641 g/mol. The van der Waals surface area contributed by atoms with Gasteiger partial charge in [0.2, 0.25) is 5.91 Å². The van der Waals surface area contributed by atoms with E-state index in [1.165, 1.54) is 12.0 Å². The maximum atomic E-state index is 13.6. The van der Waals surface area contributed by atoms with Gasteiger partial charge in [-0.2, -0.15) is 26.3 Å². The van der Waals surface area contributed by atoms with Crippen LogP contribution in [0.1, 0.15) is 87.8 Å². The quantitative estimate of drug-likeness (QED) is 0.309. The molecule has 2 amide bonds. The van der Waals surface area contributed by atoms with Crippen molar-refractivity contribution in [3.63, 3.8) is 0 Å². The van der Waals surface area contributed by atoms with Crippen molar-refractivity contribution in [3.8, 4) is 5.75 Å². The average Bonchev–Trinajstić information content (AvgIpc) is 3.23. The monoisotopic (exact) mass is 640 g/mol. The fraction of sp³-hybridized carbons (Fsp3) is 0.515. The number of halogens is 6. The molecule has 1 fully saturated rings. The highest BCUT2D eigenvalue weighted by Crippen LogP contribution is 2.47. The van der Waals surface area contributed by atoms with Crippen LogP contribution in [0.3, 0.4) is 0 Å². The fourth-order valence-electron chi connectivity index (χ4n) is 6.17. The summed E-state index contributed by atoms with van der Waals surface area (Å²) in [6.45, 7) is 9.37. The van der Waals surface area contributed by atoms with E-state index in [1.807, 2.05) is 12.1 Å². The number of benzene rings is 2. The molecule has 0 saturated carbocycles. The van der Waals surface area contributed by atoms with E-state index in [2.05, 4.69) is 19.2 Å². The minimum absolute atomic E-state index is 0.0482. The number of carbonyl (C=O) groups excluding carboxylic acids is 2. The zero-order chi connectivity index (χ0) is 33.7. The molecule has 246 valence electrons. The van der Waals surface area contributed by atoms with Crippen LogP contribution in [0, 0.1) is 5.41 Å². The molecule has 45 heavy (non-hydrogen) atoms. The highest BCUT2D eigenvalue weighted by molar-refractivity contribution is 5.88. The van der Waals surface area contributed by atoms with Gasteiger partial charge in [-0.15, -0.1) is 0 Å². The van der Waals surface area contributed by atoms with E-state index >= 15 is 0 Å². The number of carbonyl (C=O) groups is 2. The lowest BCUT2D eigenvalue weighted by atomic mass is 9.72. The van der Waals surface area contributed by atoms with E-state index in [1.54, 1.807) is 33.9 Å². The Bertz CT molecular complexity index is 1480. The van der Waals surface area contributed by atoms with Crippen molar-refractivity contribution in [2.45, 2.75) is 83.8 Å². The van der Waals surface area contributed by atoms with Crippen LogP contribution in [0.5, 0.6) is 5.75 Å². The van der Waals surface area contributed by atoms with Gasteiger partial charge in [0.15, 0.2) is 0 Å². The maximum absolute atomic E-state index is 13.6. The topological polar surface area (TPSA) is 67.9 Å². The smallest absolute Gasteiger partial charge is 0.416 e. The summed E-state index contributed by atoms with van der Waals surface area (Å²) in [6, 6.07) is 5.89. The summed E-state index contributed by atoms with van der Waals surface area (Å²) < 4.78 is 92.5. The summed E-state index contributed by atoms with van der Waals surface area (Å²) in [7, 11) is 3.09. The number of ether oxygens (including phenoxy) is 2. The molecule has 0 spiro atoms. The molecule has 1 heterocycles. The Morgan fingerprint density at radius 3 is 2.16 bits per heavy atom. The molecule has 0 unspecified atom stereocenters. The number of methoxy groups -OCH3 is 1. The Balaban J connectivity index is 1.77. The van der Waals surface area contributed by atoms with Crippen molar-refractivity contribution in [2.24, 2.45) is 5.41 Å². The van der Waals surface area contributed by atoms with Crippen LogP contribution in [0.2, 0.25) is 0 Å². The Hall–Kier alpha value is -3.70. The van der Waals surface area contributed by atoms with Gasteiger partial charge in [0.05, 0.1) is 29.7 Å². The predicted molar refractivity (Wildman–Crippen MR) is 156 cm³/mol. The molecule has 1 saturated heterocycles. The summed E-state index contributed by atoms with van der Waals surface area (Å²) in [6.07, 6.45) is -10.3. The van der Waals surface area contributed by atoms with Gasteiger partial charge in [0.1, 0.15) is 11.9 Å². The van der Waals surface area contributed by atoms with Gasteiger partial charge < -0.3 is 14.8 Å². The lowest BCUT2D eigenvalue weighted by Crippen LogP contribution is -2.38. The molecular weight excluding hydrogens is 602 g/mol. The first-order valence-electron chi connectivity index (χ1n) is 14.6. The zero-order valence-electron chi connectivity index (χ0n) is 26.3. The molecule has 1 N–H and O–H groups in total. The van der Waals surface area contributed by atoms with Crippen molar-refractivity contribution in [1.82, 2.24) is 10.2 Å². The zero-order valence-corrected chi connectivity index (χ0v) is 26.3. The first-order valence-corrected chi connectivity index (χ1v) is 14.6. The maximum Gasteiger partial charge on any atom is 0.416 e. The highest BCUT2D eigenvalue weighted by Gasteiger charge is 2.44. The van der Waals surface area contributed by atoms with Crippen molar-refractivity contribution in [1.29, 1.82) is 0 Å². The van der Waals surface area contributed by atoms with E-state index in [0.29, 0.717) is 30.7 Å². The Morgan fingerprint density at radius 1 is 1.02 bits per heavy atom. The van der Waals surface area contributed by atoms with Crippen LogP contribution in [-0.4, -0.2) is 43.6 Å². The number of nitrogens with one attached hydrogen (secondary N) is 1. The van der Waals surface area contributed by atoms with Gasteiger partial charge in [-0.3, -0.25) is 9.69 Å². The van der Waals surface area contributed by atoms with Crippen LogP contribution < -0.4 is 10.1 Å². The Morgan fingerprint density at radius 2 is 1.62 bits per heavy atom. The third kappa shape index (κ3) is 6.94. The number of hydrogen-bond donors (Lipinski definition) is 1. The van der Waals surface area contributed by atoms with Gasteiger partial charge >= 0.3 is 18.4 Å². The number of nitrogens with zero attached hydrogens (tertiary/aromatic N) is 1. The number of alkyl halides is 6. The summed E-state index contributed by atoms with van der Waals surface area (Å²) in [5.41, 5.74) is -1.09. The van der Waals surface area contributed by atoms with Crippen molar-refractivity contribution in [3.05, 3.63) is 69.8 Å². The lowest BCUT2D eigenvalue weighted by Gasteiger charge is -2.36. The van der Waals surface area contributed by atoms with Gasteiger partial charge in [-0.05, 0) is 98.1 Å². The first kappa shape index (κ1) is 34.2. The molecule has 2 aliphatic rings. The molecule has 1 aliphatic carbocycles. The molecule has 0 aromatic heterocycles. The van der Waals surface area contributed by atoms with Crippen LogP contribution in [0.25, 0.3) is 5.57 Å². The summed E-state index contributed by atoms with van der Waals surface area (Å²) in [5, 5.41) is 2.68. The van der Waals surface area contributed by atoms with Gasteiger partial charge in [-0.25, -0.2) is 4.79 Å². The minimum Gasteiger partial charge on any atom is -0.496 e. The first-order chi connectivity index (χ1) is 20.7. The molecule has 6 nitrogen and oxygen atoms in total. The molecule has 2 atom stereocenters. The number of rotatable bonds is 7. The van der Waals surface area contributed by atoms with Crippen molar-refractivity contribution in [2.75, 3.05) is 20.7 Å². The second kappa shape index (κ2) is 11.9. The van der Waals surface area contributed by atoms with E-state index in [0.717, 1.165) is 28.7 Å².